The van der Waals surface area contributed by atoms with Crippen LogP contribution >= 0.6 is 0 Å². The number of sulfonamides is 1. The van der Waals surface area contributed by atoms with Crippen LogP contribution in [0.4, 0.5) is 11.4 Å². The van der Waals surface area contributed by atoms with Gasteiger partial charge in [-0.1, -0.05) is 30.3 Å². The van der Waals surface area contributed by atoms with Crippen LogP contribution in [0.1, 0.15) is 5.56 Å². The standard InChI is InChI=1S/C16H16N2O3S/c1-22(20,21)18-15-10-7-13(8-11-15)9-12-16(19)17-14-5-3-2-4-6-14/h2-12,18H,1H3,(H,17,19)/b12-9+. The molecule has 2 aromatic rings. The van der Waals surface area contributed by atoms with Crippen molar-refractivity contribution < 1.29 is 13.2 Å². The molecule has 0 saturated carbocycles. The van der Waals surface area contributed by atoms with E-state index in [0.717, 1.165) is 17.5 Å². The molecule has 0 aliphatic rings. The van der Waals surface area contributed by atoms with Crippen molar-refractivity contribution in [2.75, 3.05) is 16.3 Å². The Morgan fingerprint density at radius 3 is 2.18 bits per heavy atom. The quantitative estimate of drug-likeness (QED) is 0.833. The van der Waals surface area contributed by atoms with E-state index < -0.39 is 10.0 Å². The molecule has 0 bridgehead atoms. The number of benzene rings is 2. The predicted molar refractivity (Wildman–Crippen MR) is 89.0 cm³/mol. The maximum atomic E-state index is 11.8. The molecule has 2 N–H and O–H groups in total. The fraction of sp³-hybridized carbons (Fsp3) is 0.0625. The summed E-state index contributed by atoms with van der Waals surface area (Å²) in [4.78, 5) is 11.8. The van der Waals surface area contributed by atoms with E-state index in [4.69, 9.17) is 0 Å². The molecular formula is C16H16N2O3S. The fourth-order valence-corrected chi connectivity index (χ4v) is 2.32. The summed E-state index contributed by atoms with van der Waals surface area (Å²) in [5.74, 6) is -0.232. The topological polar surface area (TPSA) is 75.3 Å². The van der Waals surface area contributed by atoms with Gasteiger partial charge < -0.3 is 5.32 Å². The van der Waals surface area contributed by atoms with Crippen LogP contribution in [0.25, 0.3) is 6.08 Å². The van der Waals surface area contributed by atoms with Crippen molar-refractivity contribution in [3.8, 4) is 0 Å². The molecule has 0 aromatic heterocycles. The second-order valence-corrected chi connectivity index (χ2v) is 6.43. The van der Waals surface area contributed by atoms with Gasteiger partial charge in [0.05, 0.1) is 6.26 Å². The van der Waals surface area contributed by atoms with Crippen molar-refractivity contribution >= 4 is 33.4 Å². The summed E-state index contributed by atoms with van der Waals surface area (Å²) in [6.45, 7) is 0. The van der Waals surface area contributed by atoms with Crippen LogP contribution in [0, 0.1) is 0 Å². The Bertz CT molecular complexity index is 767. The van der Waals surface area contributed by atoms with E-state index >= 15 is 0 Å². The molecule has 6 heteroatoms. The van der Waals surface area contributed by atoms with Crippen LogP contribution in [0.5, 0.6) is 0 Å². The number of anilines is 2. The Hall–Kier alpha value is -2.60. The van der Waals surface area contributed by atoms with E-state index in [0.29, 0.717) is 5.69 Å². The van der Waals surface area contributed by atoms with Gasteiger partial charge in [0, 0.05) is 17.5 Å². The lowest BCUT2D eigenvalue weighted by Gasteiger charge is -2.03. The van der Waals surface area contributed by atoms with Crippen LogP contribution in [-0.4, -0.2) is 20.6 Å². The lowest BCUT2D eigenvalue weighted by atomic mass is 10.2. The van der Waals surface area contributed by atoms with E-state index in [1.54, 1.807) is 42.5 Å². The number of hydrogen-bond acceptors (Lipinski definition) is 3. The summed E-state index contributed by atoms with van der Waals surface area (Å²) in [5, 5.41) is 2.74. The van der Waals surface area contributed by atoms with Crippen molar-refractivity contribution in [2.24, 2.45) is 0 Å². The lowest BCUT2D eigenvalue weighted by Crippen LogP contribution is -2.09. The first-order valence-electron chi connectivity index (χ1n) is 6.54. The summed E-state index contributed by atoms with van der Waals surface area (Å²) in [7, 11) is -3.28. The van der Waals surface area contributed by atoms with Gasteiger partial charge in [-0.3, -0.25) is 9.52 Å². The first-order chi connectivity index (χ1) is 10.4. The van der Waals surface area contributed by atoms with Gasteiger partial charge in [-0.2, -0.15) is 0 Å². The van der Waals surface area contributed by atoms with E-state index in [-0.39, 0.29) is 5.91 Å². The molecule has 0 fully saturated rings. The Labute approximate surface area is 129 Å². The van der Waals surface area contributed by atoms with Gasteiger partial charge in [-0.15, -0.1) is 0 Å². The average Bonchev–Trinajstić information content (AvgIpc) is 2.46. The minimum Gasteiger partial charge on any atom is -0.323 e. The molecule has 0 aliphatic carbocycles. The first-order valence-corrected chi connectivity index (χ1v) is 8.43. The highest BCUT2D eigenvalue weighted by atomic mass is 32.2. The van der Waals surface area contributed by atoms with Gasteiger partial charge in [0.1, 0.15) is 0 Å². The molecule has 1 amide bonds. The summed E-state index contributed by atoms with van der Waals surface area (Å²) < 4.78 is 24.6. The number of carbonyl (C=O) groups excluding carboxylic acids is 1. The van der Waals surface area contributed by atoms with Crippen molar-refractivity contribution in [3.05, 3.63) is 66.2 Å². The molecule has 2 rings (SSSR count). The smallest absolute Gasteiger partial charge is 0.248 e. The summed E-state index contributed by atoms with van der Waals surface area (Å²) >= 11 is 0. The zero-order valence-corrected chi connectivity index (χ0v) is 12.8. The predicted octanol–water partition coefficient (Wildman–Crippen LogP) is 2.71. The minimum absolute atomic E-state index is 0.232. The third kappa shape index (κ3) is 5.41. The van der Waals surface area contributed by atoms with Gasteiger partial charge in [0.25, 0.3) is 0 Å². The van der Waals surface area contributed by atoms with Crippen molar-refractivity contribution in [1.82, 2.24) is 0 Å². The van der Waals surface area contributed by atoms with Gasteiger partial charge in [0.15, 0.2) is 0 Å². The van der Waals surface area contributed by atoms with Gasteiger partial charge >= 0.3 is 0 Å². The van der Waals surface area contributed by atoms with Crippen molar-refractivity contribution in [1.29, 1.82) is 0 Å². The fourth-order valence-electron chi connectivity index (χ4n) is 1.75. The molecule has 0 unspecified atom stereocenters. The molecule has 0 saturated heterocycles. The maximum absolute atomic E-state index is 11.8. The zero-order valence-electron chi connectivity index (χ0n) is 12.0. The average molecular weight is 316 g/mol. The van der Waals surface area contributed by atoms with Gasteiger partial charge in [0.2, 0.25) is 15.9 Å². The molecule has 2 aromatic carbocycles. The molecule has 5 nitrogen and oxygen atoms in total. The lowest BCUT2D eigenvalue weighted by molar-refractivity contribution is -0.111. The Morgan fingerprint density at radius 2 is 1.59 bits per heavy atom. The highest BCUT2D eigenvalue weighted by molar-refractivity contribution is 7.92. The number of para-hydroxylation sites is 1. The van der Waals surface area contributed by atoms with E-state index in [2.05, 4.69) is 10.0 Å². The normalized spacial score (nSPS) is 11.3. The summed E-state index contributed by atoms with van der Waals surface area (Å²) in [6, 6.07) is 15.9. The Balaban J connectivity index is 1.97. The van der Waals surface area contributed by atoms with E-state index in [1.165, 1.54) is 6.08 Å². The molecule has 0 aliphatic heterocycles. The molecule has 0 atom stereocenters. The Kier molecular flexibility index (Phi) is 4.95. The highest BCUT2D eigenvalue weighted by Gasteiger charge is 2.01. The SMILES string of the molecule is CS(=O)(=O)Nc1ccc(/C=C/C(=O)Nc2ccccc2)cc1. The van der Waals surface area contributed by atoms with Crippen LogP contribution < -0.4 is 10.0 Å². The maximum Gasteiger partial charge on any atom is 0.248 e. The molecule has 22 heavy (non-hydrogen) atoms. The molecule has 0 heterocycles. The van der Waals surface area contributed by atoms with E-state index in [9.17, 15) is 13.2 Å². The third-order valence-electron chi connectivity index (χ3n) is 2.68. The minimum atomic E-state index is -3.28. The summed E-state index contributed by atoms with van der Waals surface area (Å²) in [5.41, 5.74) is 2.00. The molecule has 114 valence electrons. The van der Waals surface area contributed by atoms with Crippen LogP contribution in [-0.2, 0) is 14.8 Å². The van der Waals surface area contributed by atoms with Gasteiger partial charge in [-0.05, 0) is 35.9 Å². The monoisotopic (exact) mass is 316 g/mol. The number of rotatable bonds is 5. The second-order valence-electron chi connectivity index (χ2n) is 4.68. The summed E-state index contributed by atoms with van der Waals surface area (Å²) in [6.07, 6.45) is 4.17. The van der Waals surface area contributed by atoms with Crippen molar-refractivity contribution in [3.63, 3.8) is 0 Å². The van der Waals surface area contributed by atoms with Crippen LogP contribution in [0.15, 0.2) is 60.7 Å². The number of nitrogens with one attached hydrogen (secondary N) is 2. The molecular weight excluding hydrogens is 300 g/mol. The largest absolute Gasteiger partial charge is 0.323 e. The Morgan fingerprint density at radius 1 is 0.955 bits per heavy atom. The van der Waals surface area contributed by atoms with E-state index in [1.807, 2.05) is 18.2 Å². The van der Waals surface area contributed by atoms with Crippen LogP contribution in [0.3, 0.4) is 0 Å². The number of amides is 1. The zero-order chi connectivity index (χ0) is 16.0. The second kappa shape index (κ2) is 6.91. The molecule has 0 spiro atoms. The third-order valence-corrected chi connectivity index (χ3v) is 3.29. The van der Waals surface area contributed by atoms with Crippen molar-refractivity contribution in [2.45, 2.75) is 0 Å². The first kappa shape index (κ1) is 15.8. The molecule has 0 radical (unpaired) electrons. The van der Waals surface area contributed by atoms with Gasteiger partial charge in [-0.25, -0.2) is 8.42 Å². The van der Waals surface area contributed by atoms with Crippen LogP contribution in [0.2, 0.25) is 0 Å². The highest BCUT2D eigenvalue weighted by Crippen LogP contribution is 2.12. The number of hydrogen-bond donors (Lipinski definition) is 2. The number of carbonyl (C=O) groups is 1.